The molecule has 148 valence electrons. The van der Waals surface area contributed by atoms with Crippen molar-refractivity contribution in [3.05, 3.63) is 18.5 Å². The van der Waals surface area contributed by atoms with E-state index in [1.54, 1.807) is 19.4 Å². The number of rotatable bonds is 5. The molecule has 1 aromatic heterocycles. The van der Waals surface area contributed by atoms with E-state index in [-0.39, 0.29) is 5.91 Å². The quantitative estimate of drug-likeness (QED) is 0.592. The zero-order valence-electron chi connectivity index (χ0n) is 16.2. The van der Waals surface area contributed by atoms with Crippen molar-refractivity contribution in [2.75, 3.05) is 44.7 Å². The number of nitrogens with one attached hydrogen (secondary N) is 2. The molecule has 8 heteroatoms. The predicted octanol–water partition coefficient (Wildman–Crippen LogP) is 1.01. The second-order valence-electron chi connectivity index (χ2n) is 7.15. The van der Waals surface area contributed by atoms with Crippen molar-refractivity contribution in [2.45, 2.75) is 44.6 Å². The standard InChI is InChI=1S/C19H31N7O/c1-20-18(23-11-8-17(27)24-16-6-3-2-4-7-16)25-12-14-26(15-13-25)19-21-9-5-10-22-19/h5,9-10,16H,2-4,6-8,11-15H2,1H3,(H,20,23)(H,24,27). The molecular formula is C19H31N7O. The van der Waals surface area contributed by atoms with Gasteiger partial charge in [0.2, 0.25) is 11.9 Å². The topological polar surface area (TPSA) is 85.8 Å². The largest absolute Gasteiger partial charge is 0.356 e. The van der Waals surface area contributed by atoms with Gasteiger partial charge in [0.15, 0.2) is 5.96 Å². The van der Waals surface area contributed by atoms with Gasteiger partial charge < -0.3 is 20.4 Å². The summed E-state index contributed by atoms with van der Waals surface area (Å²) in [6.07, 6.45) is 10.0. The Labute approximate surface area is 161 Å². The Bertz CT molecular complexity index is 608. The van der Waals surface area contributed by atoms with Gasteiger partial charge in [-0.15, -0.1) is 0 Å². The van der Waals surface area contributed by atoms with Crippen molar-refractivity contribution in [2.24, 2.45) is 4.99 Å². The molecule has 2 heterocycles. The monoisotopic (exact) mass is 373 g/mol. The maximum atomic E-state index is 12.1. The first-order chi connectivity index (χ1) is 13.3. The van der Waals surface area contributed by atoms with E-state index in [9.17, 15) is 4.79 Å². The molecule has 27 heavy (non-hydrogen) atoms. The van der Waals surface area contributed by atoms with E-state index in [2.05, 4.69) is 35.4 Å². The lowest BCUT2D eigenvalue weighted by atomic mass is 9.95. The summed E-state index contributed by atoms with van der Waals surface area (Å²) in [6.45, 7) is 4.02. The summed E-state index contributed by atoms with van der Waals surface area (Å²) in [5, 5.41) is 6.49. The van der Waals surface area contributed by atoms with Crippen LogP contribution < -0.4 is 15.5 Å². The van der Waals surface area contributed by atoms with Gasteiger partial charge in [0, 0.05) is 64.6 Å². The third-order valence-electron chi connectivity index (χ3n) is 5.23. The van der Waals surface area contributed by atoms with Gasteiger partial charge in [-0.25, -0.2) is 9.97 Å². The molecule has 0 bridgehead atoms. The lowest BCUT2D eigenvalue weighted by Gasteiger charge is -2.36. The summed E-state index contributed by atoms with van der Waals surface area (Å²) in [5.41, 5.74) is 0. The molecule has 0 atom stereocenters. The number of carbonyl (C=O) groups is 1. The number of nitrogens with zero attached hydrogens (tertiary/aromatic N) is 5. The van der Waals surface area contributed by atoms with Gasteiger partial charge >= 0.3 is 0 Å². The minimum Gasteiger partial charge on any atom is -0.356 e. The van der Waals surface area contributed by atoms with Crippen LogP contribution in [0.15, 0.2) is 23.5 Å². The van der Waals surface area contributed by atoms with Gasteiger partial charge in [-0.2, -0.15) is 0 Å². The number of aromatic nitrogens is 2. The Balaban J connectivity index is 1.37. The Morgan fingerprint density at radius 2 is 1.85 bits per heavy atom. The number of guanidine groups is 1. The molecule has 1 saturated carbocycles. The Morgan fingerprint density at radius 1 is 1.15 bits per heavy atom. The summed E-state index contributed by atoms with van der Waals surface area (Å²) >= 11 is 0. The van der Waals surface area contributed by atoms with Crippen molar-refractivity contribution < 1.29 is 4.79 Å². The van der Waals surface area contributed by atoms with E-state index < -0.39 is 0 Å². The van der Waals surface area contributed by atoms with E-state index in [1.807, 2.05) is 6.07 Å². The second kappa shape index (κ2) is 10.1. The molecule has 0 aromatic carbocycles. The van der Waals surface area contributed by atoms with Crippen molar-refractivity contribution in [3.63, 3.8) is 0 Å². The Hall–Kier alpha value is -2.38. The molecule has 1 amide bonds. The molecule has 1 saturated heterocycles. The number of hydrogen-bond donors (Lipinski definition) is 2. The van der Waals surface area contributed by atoms with Crippen LogP contribution in [0.3, 0.4) is 0 Å². The minimum absolute atomic E-state index is 0.135. The number of piperazine rings is 1. The zero-order valence-corrected chi connectivity index (χ0v) is 16.2. The average Bonchev–Trinajstić information content (AvgIpc) is 2.73. The molecule has 2 aliphatic rings. The van der Waals surface area contributed by atoms with E-state index in [1.165, 1.54) is 19.3 Å². The predicted molar refractivity (Wildman–Crippen MR) is 107 cm³/mol. The third-order valence-corrected chi connectivity index (χ3v) is 5.23. The van der Waals surface area contributed by atoms with Crippen molar-refractivity contribution in [1.29, 1.82) is 0 Å². The normalized spacial score (nSPS) is 19.1. The lowest BCUT2D eigenvalue weighted by molar-refractivity contribution is -0.121. The molecule has 2 N–H and O–H groups in total. The smallest absolute Gasteiger partial charge is 0.225 e. The van der Waals surface area contributed by atoms with Crippen LogP contribution in [0.2, 0.25) is 0 Å². The number of carbonyl (C=O) groups excluding carboxylic acids is 1. The summed E-state index contributed by atoms with van der Waals surface area (Å²) in [7, 11) is 1.79. The van der Waals surface area contributed by atoms with E-state index in [0.29, 0.717) is 19.0 Å². The number of anilines is 1. The lowest BCUT2D eigenvalue weighted by Crippen LogP contribution is -2.53. The van der Waals surface area contributed by atoms with Crippen molar-refractivity contribution in [1.82, 2.24) is 25.5 Å². The molecule has 0 spiro atoms. The molecule has 8 nitrogen and oxygen atoms in total. The van der Waals surface area contributed by atoms with Gasteiger partial charge in [0.25, 0.3) is 0 Å². The highest BCUT2D eigenvalue weighted by atomic mass is 16.1. The van der Waals surface area contributed by atoms with E-state index in [0.717, 1.165) is 50.9 Å². The van der Waals surface area contributed by atoms with Gasteiger partial charge in [-0.3, -0.25) is 9.79 Å². The summed E-state index contributed by atoms with van der Waals surface area (Å²) < 4.78 is 0. The van der Waals surface area contributed by atoms with E-state index >= 15 is 0 Å². The summed E-state index contributed by atoms with van der Waals surface area (Å²) in [4.78, 5) is 29.5. The maximum absolute atomic E-state index is 12.1. The van der Waals surface area contributed by atoms with Crippen LogP contribution in [0.4, 0.5) is 5.95 Å². The summed E-state index contributed by atoms with van der Waals surface area (Å²) in [6, 6.07) is 2.20. The average molecular weight is 374 g/mol. The SMILES string of the molecule is CN=C(NCCC(=O)NC1CCCCC1)N1CCN(c2ncccn2)CC1. The molecular weight excluding hydrogens is 342 g/mol. The molecule has 0 radical (unpaired) electrons. The summed E-state index contributed by atoms with van der Waals surface area (Å²) in [5.74, 6) is 1.77. The second-order valence-corrected chi connectivity index (χ2v) is 7.15. The molecule has 0 unspecified atom stereocenters. The van der Waals surface area contributed by atoms with Crippen LogP contribution >= 0.6 is 0 Å². The Morgan fingerprint density at radius 3 is 2.52 bits per heavy atom. The fraction of sp³-hybridized carbons (Fsp3) is 0.684. The first kappa shape index (κ1) is 19.4. The third kappa shape index (κ3) is 5.80. The fourth-order valence-electron chi connectivity index (χ4n) is 3.74. The van der Waals surface area contributed by atoms with Crippen LogP contribution in [0.25, 0.3) is 0 Å². The van der Waals surface area contributed by atoms with Crippen molar-refractivity contribution in [3.8, 4) is 0 Å². The molecule has 1 aliphatic heterocycles. The number of aliphatic imine (C=N–C) groups is 1. The van der Waals surface area contributed by atoms with E-state index in [4.69, 9.17) is 0 Å². The first-order valence-corrected chi connectivity index (χ1v) is 10.0. The highest BCUT2D eigenvalue weighted by Gasteiger charge is 2.21. The van der Waals surface area contributed by atoms with Gasteiger partial charge in [-0.05, 0) is 18.9 Å². The van der Waals surface area contributed by atoms with Crippen LogP contribution in [-0.2, 0) is 4.79 Å². The van der Waals surface area contributed by atoms with Crippen molar-refractivity contribution >= 4 is 17.8 Å². The first-order valence-electron chi connectivity index (χ1n) is 10.0. The maximum Gasteiger partial charge on any atom is 0.225 e. The fourth-order valence-corrected chi connectivity index (χ4v) is 3.74. The van der Waals surface area contributed by atoms with Crippen LogP contribution in [0.1, 0.15) is 38.5 Å². The zero-order chi connectivity index (χ0) is 18.9. The van der Waals surface area contributed by atoms with Crippen LogP contribution in [0.5, 0.6) is 0 Å². The van der Waals surface area contributed by atoms with Gasteiger partial charge in [0.1, 0.15) is 0 Å². The Kier molecular flexibility index (Phi) is 7.24. The number of hydrogen-bond acceptors (Lipinski definition) is 5. The molecule has 3 rings (SSSR count). The highest BCUT2D eigenvalue weighted by molar-refractivity contribution is 5.81. The minimum atomic E-state index is 0.135. The van der Waals surface area contributed by atoms with Crippen LogP contribution in [-0.4, -0.2) is 72.5 Å². The highest BCUT2D eigenvalue weighted by Crippen LogP contribution is 2.17. The van der Waals surface area contributed by atoms with Gasteiger partial charge in [-0.1, -0.05) is 19.3 Å². The van der Waals surface area contributed by atoms with Crippen LogP contribution in [0, 0.1) is 0 Å². The van der Waals surface area contributed by atoms with Gasteiger partial charge in [0.05, 0.1) is 0 Å². The number of amides is 1. The molecule has 2 fully saturated rings. The molecule has 1 aliphatic carbocycles. The molecule has 1 aromatic rings.